The molecular formula is C11H15NO2. The van der Waals surface area contributed by atoms with Crippen LogP contribution in [0, 0.1) is 0 Å². The first-order valence-electron chi connectivity index (χ1n) is 5.00. The third-order valence-corrected chi connectivity index (χ3v) is 2.75. The zero-order chi connectivity index (χ0) is 9.97. The minimum absolute atomic E-state index is 0.225. The second-order valence-electron chi connectivity index (χ2n) is 3.79. The number of hydrogen-bond donors (Lipinski definition) is 3. The second kappa shape index (κ2) is 3.88. The molecule has 0 saturated carbocycles. The van der Waals surface area contributed by atoms with Gasteiger partial charge in [-0.05, 0) is 37.6 Å². The Hall–Kier alpha value is -1.22. The van der Waals surface area contributed by atoms with Crippen LogP contribution in [0.1, 0.15) is 24.3 Å². The van der Waals surface area contributed by atoms with Crippen molar-refractivity contribution in [2.45, 2.75) is 18.8 Å². The van der Waals surface area contributed by atoms with Gasteiger partial charge in [0.05, 0.1) is 0 Å². The predicted octanol–water partition coefficient (Wildman–Crippen LogP) is 1.56. The molecule has 3 heteroatoms. The van der Waals surface area contributed by atoms with E-state index < -0.39 is 0 Å². The summed E-state index contributed by atoms with van der Waals surface area (Å²) in [5.41, 5.74) is 0.859. The third kappa shape index (κ3) is 1.82. The highest BCUT2D eigenvalue weighted by atomic mass is 16.3. The van der Waals surface area contributed by atoms with Crippen molar-refractivity contribution in [3.63, 3.8) is 0 Å². The molecule has 0 unspecified atom stereocenters. The highest BCUT2D eigenvalue weighted by Gasteiger charge is 2.18. The van der Waals surface area contributed by atoms with Crippen LogP contribution in [-0.2, 0) is 0 Å². The summed E-state index contributed by atoms with van der Waals surface area (Å²) >= 11 is 0. The highest BCUT2D eigenvalue weighted by molar-refractivity contribution is 5.41. The number of phenolic OH excluding ortho intramolecular Hbond substituents is 2. The van der Waals surface area contributed by atoms with E-state index in [9.17, 15) is 10.2 Å². The van der Waals surface area contributed by atoms with E-state index in [1.807, 2.05) is 0 Å². The average Bonchev–Trinajstić information content (AvgIpc) is 2.23. The molecular weight excluding hydrogens is 178 g/mol. The Bertz CT molecular complexity index is 319. The number of piperidine rings is 1. The summed E-state index contributed by atoms with van der Waals surface area (Å²) in [6.07, 6.45) is 2.20. The molecule has 1 fully saturated rings. The van der Waals surface area contributed by atoms with Crippen molar-refractivity contribution < 1.29 is 10.2 Å². The van der Waals surface area contributed by atoms with Crippen LogP contribution in [0.5, 0.6) is 11.5 Å². The minimum atomic E-state index is 0.225. The van der Waals surface area contributed by atoms with Crippen LogP contribution in [0.15, 0.2) is 18.2 Å². The Kier molecular flexibility index (Phi) is 2.59. The van der Waals surface area contributed by atoms with Crippen molar-refractivity contribution in [3.05, 3.63) is 23.8 Å². The second-order valence-corrected chi connectivity index (χ2v) is 3.79. The van der Waals surface area contributed by atoms with Crippen LogP contribution in [-0.4, -0.2) is 23.3 Å². The van der Waals surface area contributed by atoms with E-state index in [0.717, 1.165) is 31.5 Å². The minimum Gasteiger partial charge on any atom is -0.508 e. The van der Waals surface area contributed by atoms with Crippen molar-refractivity contribution in [2.24, 2.45) is 0 Å². The molecule has 0 bridgehead atoms. The quantitative estimate of drug-likeness (QED) is 0.593. The number of rotatable bonds is 1. The summed E-state index contributed by atoms with van der Waals surface area (Å²) in [6, 6.07) is 4.72. The summed E-state index contributed by atoms with van der Waals surface area (Å²) in [6.45, 7) is 1.94. The van der Waals surface area contributed by atoms with E-state index in [-0.39, 0.29) is 11.5 Å². The zero-order valence-electron chi connectivity index (χ0n) is 8.03. The Morgan fingerprint density at radius 3 is 2.86 bits per heavy atom. The van der Waals surface area contributed by atoms with Gasteiger partial charge in [0.1, 0.15) is 11.5 Å². The number of aromatic hydroxyl groups is 2. The van der Waals surface area contributed by atoms with E-state index in [1.165, 1.54) is 6.07 Å². The molecule has 0 aromatic heterocycles. The number of phenols is 2. The van der Waals surface area contributed by atoms with E-state index >= 15 is 0 Å². The topological polar surface area (TPSA) is 52.5 Å². The van der Waals surface area contributed by atoms with Crippen molar-refractivity contribution in [3.8, 4) is 11.5 Å². The average molecular weight is 193 g/mol. The molecule has 3 nitrogen and oxygen atoms in total. The van der Waals surface area contributed by atoms with Gasteiger partial charge in [0.25, 0.3) is 0 Å². The van der Waals surface area contributed by atoms with Gasteiger partial charge in [0.2, 0.25) is 0 Å². The van der Waals surface area contributed by atoms with Crippen molar-refractivity contribution in [1.82, 2.24) is 5.32 Å². The fourth-order valence-electron chi connectivity index (χ4n) is 1.99. The van der Waals surface area contributed by atoms with E-state index in [0.29, 0.717) is 5.92 Å². The van der Waals surface area contributed by atoms with Gasteiger partial charge in [-0.3, -0.25) is 0 Å². The first-order chi connectivity index (χ1) is 6.77. The molecule has 0 amide bonds. The van der Waals surface area contributed by atoms with Gasteiger partial charge >= 0.3 is 0 Å². The van der Waals surface area contributed by atoms with Gasteiger partial charge in [-0.15, -0.1) is 0 Å². The van der Waals surface area contributed by atoms with Gasteiger partial charge < -0.3 is 15.5 Å². The molecule has 1 aromatic carbocycles. The Morgan fingerprint density at radius 2 is 2.14 bits per heavy atom. The predicted molar refractivity (Wildman–Crippen MR) is 54.6 cm³/mol. The summed E-state index contributed by atoms with van der Waals surface area (Å²) in [5, 5.41) is 22.3. The molecule has 1 aromatic rings. The molecule has 0 radical (unpaired) electrons. The van der Waals surface area contributed by atoms with Crippen molar-refractivity contribution in [2.75, 3.05) is 13.1 Å². The summed E-state index contributed by atoms with van der Waals surface area (Å²) in [4.78, 5) is 0. The third-order valence-electron chi connectivity index (χ3n) is 2.75. The molecule has 1 heterocycles. The number of hydrogen-bond acceptors (Lipinski definition) is 3. The SMILES string of the molecule is Oc1ccc(O)c([C@@H]2CCCNC2)c1. The zero-order valence-corrected chi connectivity index (χ0v) is 8.03. The van der Waals surface area contributed by atoms with E-state index in [4.69, 9.17) is 0 Å². The van der Waals surface area contributed by atoms with E-state index in [2.05, 4.69) is 5.32 Å². The molecule has 1 aliphatic rings. The smallest absolute Gasteiger partial charge is 0.119 e. The van der Waals surface area contributed by atoms with Crippen molar-refractivity contribution >= 4 is 0 Å². The molecule has 3 N–H and O–H groups in total. The lowest BCUT2D eigenvalue weighted by Crippen LogP contribution is -2.28. The molecule has 1 saturated heterocycles. The van der Waals surface area contributed by atoms with Gasteiger partial charge in [-0.2, -0.15) is 0 Å². The lowest BCUT2D eigenvalue weighted by Gasteiger charge is -2.23. The Morgan fingerprint density at radius 1 is 1.29 bits per heavy atom. The maximum absolute atomic E-state index is 9.65. The molecule has 0 aliphatic carbocycles. The maximum Gasteiger partial charge on any atom is 0.119 e. The van der Waals surface area contributed by atoms with Gasteiger partial charge in [-0.25, -0.2) is 0 Å². The summed E-state index contributed by atoms with van der Waals surface area (Å²) in [5.74, 6) is 0.843. The van der Waals surface area contributed by atoms with Gasteiger partial charge in [0, 0.05) is 18.0 Å². The summed E-state index contributed by atoms with van der Waals surface area (Å²) < 4.78 is 0. The monoisotopic (exact) mass is 193 g/mol. The maximum atomic E-state index is 9.65. The first-order valence-corrected chi connectivity index (χ1v) is 5.00. The molecule has 1 atom stereocenters. The highest BCUT2D eigenvalue weighted by Crippen LogP contribution is 2.32. The van der Waals surface area contributed by atoms with Crippen LogP contribution >= 0.6 is 0 Å². The van der Waals surface area contributed by atoms with Crippen LogP contribution in [0.25, 0.3) is 0 Å². The first kappa shape index (κ1) is 9.34. The van der Waals surface area contributed by atoms with Gasteiger partial charge in [0.15, 0.2) is 0 Å². The standard InChI is InChI=1S/C11H15NO2/c13-9-3-4-11(14)10(6-9)8-2-1-5-12-7-8/h3-4,6,8,12-14H,1-2,5,7H2/t8-/m1/s1. The number of benzene rings is 1. The fraction of sp³-hybridized carbons (Fsp3) is 0.455. The lowest BCUT2D eigenvalue weighted by molar-refractivity contribution is 0.419. The fourth-order valence-corrected chi connectivity index (χ4v) is 1.99. The van der Waals surface area contributed by atoms with Crippen LogP contribution < -0.4 is 5.32 Å². The summed E-state index contributed by atoms with van der Waals surface area (Å²) in [7, 11) is 0. The van der Waals surface area contributed by atoms with Crippen LogP contribution in [0.3, 0.4) is 0 Å². The molecule has 76 valence electrons. The lowest BCUT2D eigenvalue weighted by atomic mass is 9.91. The van der Waals surface area contributed by atoms with Crippen LogP contribution in [0.2, 0.25) is 0 Å². The Balaban J connectivity index is 2.24. The molecule has 1 aliphatic heterocycles. The number of nitrogens with one attached hydrogen (secondary N) is 1. The molecule has 14 heavy (non-hydrogen) atoms. The van der Waals surface area contributed by atoms with Gasteiger partial charge in [-0.1, -0.05) is 0 Å². The largest absolute Gasteiger partial charge is 0.508 e. The Labute approximate surface area is 83.4 Å². The van der Waals surface area contributed by atoms with E-state index in [1.54, 1.807) is 12.1 Å². The normalized spacial score (nSPS) is 22.1. The molecule has 2 rings (SSSR count). The molecule has 0 spiro atoms. The van der Waals surface area contributed by atoms with Crippen LogP contribution in [0.4, 0.5) is 0 Å². The van der Waals surface area contributed by atoms with Crippen molar-refractivity contribution in [1.29, 1.82) is 0 Å².